The molecule has 66 heavy (non-hydrogen) atoms. The van der Waals surface area contributed by atoms with E-state index in [1.54, 1.807) is 0 Å². The summed E-state index contributed by atoms with van der Waals surface area (Å²) in [5.41, 5.74) is 20.7. The third kappa shape index (κ3) is 5.90. The van der Waals surface area contributed by atoms with E-state index in [1.807, 2.05) is 0 Å². The monoisotopic (exact) mass is 844 g/mol. The van der Waals surface area contributed by atoms with Crippen molar-refractivity contribution >= 4 is 60.8 Å². The molecule has 13 rings (SSSR count). The average molecular weight is 845 g/mol. The molecule has 0 N–H and O–H groups in total. The molecular formula is C63H44N2O. The van der Waals surface area contributed by atoms with Crippen LogP contribution in [-0.2, 0) is 5.41 Å². The van der Waals surface area contributed by atoms with E-state index >= 15 is 0 Å². The molecule has 3 heteroatoms. The van der Waals surface area contributed by atoms with Crippen LogP contribution in [0, 0.1) is 0 Å². The lowest BCUT2D eigenvalue weighted by atomic mass is 9.82. The van der Waals surface area contributed by atoms with Crippen LogP contribution in [0.3, 0.4) is 0 Å². The van der Waals surface area contributed by atoms with Crippen molar-refractivity contribution in [2.45, 2.75) is 19.3 Å². The first kappa shape index (κ1) is 38.1. The molecule has 0 spiro atoms. The molecular weight excluding hydrogens is 801 g/mol. The van der Waals surface area contributed by atoms with Crippen LogP contribution < -0.4 is 4.90 Å². The number of fused-ring (bicyclic) bond motifs is 9. The van der Waals surface area contributed by atoms with Gasteiger partial charge in [0.05, 0.1) is 11.0 Å². The lowest BCUT2D eigenvalue weighted by molar-refractivity contribution is 0.660. The van der Waals surface area contributed by atoms with E-state index in [0.717, 1.165) is 66.9 Å². The Balaban J connectivity index is 0.905. The molecule has 0 fully saturated rings. The molecule has 1 aliphatic rings. The molecule has 0 aliphatic heterocycles. The van der Waals surface area contributed by atoms with E-state index in [4.69, 9.17) is 4.42 Å². The number of para-hydroxylation sites is 4. The quantitative estimate of drug-likeness (QED) is 0.159. The summed E-state index contributed by atoms with van der Waals surface area (Å²) in [4.78, 5) is 2.39. The molecule has 0 amide bonds. The highest BCUT2D eigenvalue weighted by atomic mass is 16.3. The highest BCUT2D eigenvalue weighted by Gasteiger charge is 2.35. The molecule has 0 bridgehead atoms. The van der Waals surface area contributed by atoms with Crippen molar-refractivity contribution in [1.29, 1.82) is 0 Å². The van der Waals surface area contributed by atoms with Crippen LogP contribution >= 0.6 is 0 Å². The van der Waals surface area contributed by atoms with Gasteiger partial charge in [-0.3, -0.25) is 0 Å². The summed E-state index contributed by atoms with van der Waals surface area (Å²) in [6, 6.07) is 83.6. The molecule has 1 aliphatic carbocycles. The van der Waals surface area contributed by atoms with E-state index in [2.05, 4.69) is 254 Å². The Morgan fingerprint density at radius 1 is 0.348 bits per heavy atom. The van der Waals surface area contributed by atoms with Gasteiger partial charge in [-0.2, -0.15) is 0 Å². The number of anilines is 3. The average Bonchev–Trinajstić information content (AvgIpc) is 4.00. The van der Waals surface area contributed by atoms with E-state index in [-0.39, 0.29) is 5.41 Å². The Morgan fingerprint density at radius 2 is 0.864 bits per heavy atom. The van der Waals surface area contributed by atoms with Crippen molar-refractivity contribution in [2.75, 3.05) is 4.90 Å². The Hall–Kier alpha value is -8.40. The van der Waals surface area contributed by atoms with E-state index in [0.29, 0.717) is 0 Å². The van der Waals surface area contributed by atoms with Gasteiger partial charge >= 0.3 is 0 Å². The summed E-state index contributed by atoms with van der Waals surface area (Å²) in [5.74, 6) is 0. The van der Waals surface area contributed by atoms with Crippen molar-refractivity contribution in [2.24, 2.45) is 0 Å². The molecule has 2 heterocycles. The molecule has 12 aromatic rings. The van der Waals surface area contributed by atoms with Crippen molar-refractivity contribution in [3.8, 4) is 50.2 Å². The van der Waals surface area contributed by atoms with E-state index < -0.39 is 0 Å². The minimum absolute atomic E-state index is 0.116. The molecule has 0 atom stereocenters. The predicted octanol–water partition coefficient (Wildman–Crippen LogP) is 17.5. The van der Waals surface area contributed by atoms with Gasteiger partial charge in [0.1, 0.15) is 11.2 Å². The van der Waals surface area contributed by atoms with Gasteiger partial charge in [-0.1, -0.05) is 178 Å². The summed E-state index contributed by atoms with van der Waals surface area (Å²) in [6.07, 6.45) is 0. The lowest BCUT2D eigenvalue weighted by Gasteiger charge is -2.28. The first-order chi connectivity index (χ1) is 32.5. The summed E-state index contributed by atoms with van der Waals surface area (Å²) < 4.78 is 9.40. The minimum atomic E-state index is -0.116. The Morgan fingerprint density at radius 3 is 1.59 bits per heavy atom. The van der Waals surface area contributed by atoms with Gasteiger partial charge in [-0.15, -0.1) is 0 Å². The van der Waals surface area contributed by atoms with Crippen molar-refractivity contribution in [1.82, 2.24) is 4.57 Å². The topological polar surface area (TPSA) is 21.3 Å². The smallest absolute Gasteiger partial charge is 0.143 e. The number of nitrogens with zero attached hydrogens (tertiary/aromatic N) is 2. The molecule has 0 radical (unpaired) electrons. The first-order valence-corrected chi connectivity index (χ1v) is 22.8. The van der Waals surface area contributed by atoms with Crippen LogP contribution in [0.15, 0.2) is 235 Å². The highest BCUT2D eigenvalue weighted by Crippen LogP contribution is 2.51. The molecule has 3 nitrogen and oxygen atoms in total. The number of benzene rings is 10. The van der Waals surface area contributed by atoms with E-state index in [9.17, 15) is 0 Å². The molecule has 10 aromatic carbocycles. The van der Waals surface area contributed by atoms with Gasteiger partial charge in [0.25, 0.3) is 0 Å². The summed E-state index contributed by atoms with van der Waals surface area (Å²) >= 11 is 0. The zero-order valence-corrected chi connectivity index (χ0v) is 36.7. The molecule has 0 saturated heterocycles. The molecule has 312 valence electrons. The maximum Gasteiger partial charge on any atom is 0.143 e. The third-order valence-electron chi connectivity index (χ3n) is 14.0. The van der Waals surface area contributed by atoms with Gasteiger partial charge in [0.2, 0.25) is 0 Å². The fourth-order valence-electron chi connectivity index (χ4n) is 10.8. The number of aromatic nitrogens is 1. The van der Waals surface area contributed by atoms with Crippen LogP contribution in [0.25, 0.3) is 93.9 Å². The molecule has 0 unspecified atom stereocenters. The molecule has 2 aromatic heterocycles. The normalized spacial score (nSPS) is 12.8. The van der Waals surface area contributed by atoms with Gasteiger partial charge in [-0.25, -0.2) is 0 Å². The minimum Gasteiger partial charge on any atom is -0.455 e. The third-order valence-corrected chi connectivity index (χ3v) is 14.0. The van der Waals surface area contributed by atoms with Crippen molar-refractivity contribution in [3.05, 3.63) is 242 Å². The second-order valence-electron chi connectivity index (χ2n) is 18.1. The summed E-state index contributed by atoms with van der Waals surface area (Å²) in [6.45, 7) is 4.70. The predicted molar refractivity (Wildman–Crippen MR) is 277 cm³/mol. The van der Waals surface area contributed by atoms with Crippen LogP contribution in [0.4, 0.5) is 17.1 Å². The van der Waals surface area contributed by atoms with Crippen LogP contribution in [-0.4, -0.2) is 4.57 Å². The van der Waals surface area contributed by atoms with E-state index in [1.165, 1.54) is 55.2 Å². The Kier molecular flexibility index (Phi) is 8.56. The maximum atomic E-state index is 7.03. The van der Waals surface area contributed by atoms with Gasteiger partial charge in [0.15, 0.2) is 0 Å². The summed E-state index contributed by atoms with van der Waals surface area (Å²) in [7, 11) is 0. The zero-order chi connectivity index (χ0) is 43.9. The summed E-state index contributed by atoms with van der Waals surface area (Å²) in [5, 5.41) is 4.67. The highest BCUT2D eigenvalue weighted by molar-refractivity contribution is 6.15. The number of rotatable bonds is 7. The van der Waals surface area contributed by atoms with Crippen molar-refractivity contribution < 1.29 is 4.42 Å². The number of furan rings is 1. The van der Waals surface area contributed by atoms with Crippen LogP contribution in [0.1, 0.15) is 25.0 Å². The maximum absolute atomic E-state index is 7.03. The second kappa shape index (κ2) is 14.8. The molecule has 0 saturated carbocycles. The number of hydrogen-bond acceptors (Lipinski definition) is 2. The van der Waals surface area contributed by atoms with Gasteiger partial charge in [0, 0.05) is 60.8 Å². The van der Waals surface area contributed by atoms with Crippen molar-refractivity contribution in [3.63, 3.8) is 0 Å². The Labute approximate surface area is 384 Å². The number of hydrogen-bond donors (Lipinski definition) is 0. The zero-order valence-electron chi connectivity index (χ0n) is 36.7. The second-order valence-corrected chi connectivity index (χ2v) is 18.1. The van der Waals surface area contributed by atoms with Gasteiger partial charge in [-0.05, 0) is 111 Å². The fourth-order valence-corrected chi connectivity index (χ4v) is 10.8. The SMILES string of the molecule is CC1(C)c2ccccc2-c2ccc(N(c3ccc(-c4ccccc4)cc3)c3ccc(-c4cccc5c4oc4c(-c6ccc7c(c6)c6ccccc6n7-c6ccccc6)cccc45)cc3)cc21. The Bertz CT molecular complexity index is 3820. The largest absolute Gasteiger partial charge is 0.455 e. The lowest BCUT2D eigenvalue weighted by Crippen LogP contribution is -2.16. The standard InChI is InChI=1S/C63H44N2O/c1-63(2)57-25-11-9-19-51(57)52-37-36-48(40-58(52)63)64(46-32-27-42(28-33-46)41-15-5-3-6-16-41)47-34-29-43(30-35-47)49-21-13-23-54-55-24-14-22-50(62(55)66-61(49)54)44-31-38-60-56(39-44)53-20-10-12-26-59(53)65(60)45-17-7-4-8-18-45/h3-40H,1-2H3. The van der Waals surface area contributed by atoms with Crippen LogP contribution in [0.5, 0.6) is 0 Å². The first-order valence-electron chi connectivity index (χ1n) is 22.8. The van der Waals surface area contributed by atoms with Gasteiger partial charge < -0.3 is 13.9 Å². The van der Waals surface area contributed by atoms with Crippen LogP contribution in [0.2, 0.25) is 0 Å². The fraction of sp³-hybridized carbons (Fsp3) is 0.0476.